The fourth-order valence-electron chi connectivity index (χ4n) is 4.46. The van der Waals surface area contributed by atoms with Crippen LogP contribution in [0, 0.1) is 5.82 Å². The zero-order chi connectivity index (χ0) is 22.3. The van der Waals surface area contributed by atoms with Crippen molar-refractivity contribution in [2.24, 2.45) is 0 Å². The van der Waals surface area contributed by atoms with E-state index in [9.17, 15) is 4.39 Å². The molecule has 0 saturated carbocycles. The molecule has 2 fully saturated rings. The van der Waals surface area contributed by atoms with Gasteiger partial charge in [-0.05, 0) is 81.8 Å². The fourth-order valence-corrected chi connectivity index (χ4v) is 4.66. The third-order valence-corrected chi connectivity index (χ3v) is 6.54. The van der Waals surface area contributed by atoms with Crippen LogP contribution in [0.3, 0.4) is 0 Å². The van der Waals surface area contributed by atoms with Gasteiger partial charge in [0.15, 0.2) is 5.11 Å². The quantitative estimate of drug-likeness (QED) is 0.469. The van der Waals surface area contributed by atoms with Gasteiger partial charge in [-0.15, -0.1) is 0 Å². The molecule has 0 unspecified atom stereocenters. The summed E-state index contributed by atoms with van der Waals surface area (Å²) in [6, 6.07) is 9.27. The second-order valence-electron chi connectivity index (χ2n) is 8.75. The molecule has 0 aliphatic carbocycles. The first-order valence-electron chi connectivity index (χ1n) is 11.8. The van der Waals surface area contributed by atoms with Crippen molar-refractivity contribution in [3.8, 4) is 0 Å². The van der Waals surface area contributed by atoms with Crippen LogP contribution in [0.5, 0.6) is 0 Å². The Morgan fingerprint density at radius 1 is 1.06 bits per heavy atom. The number of aryl methyl sites for hydroxylation is 1. The van der Waals surface area contributed by atoms with Gasteiger partial charge in [0, 0.05) is 38.3 Å². The average Bonchev–Trinajstić information content (AvgIpc) is 3.33. The van der Waals surface area contributed by atoms with E-state index in [1.54, 1.807) is 0 Å². The molecule has 2 saturated heterocycles. The highest BCUT2D eigenvalue weighted by Gasteiger charge is 2.23. The number of thiocarbonyl (C=S) groups is 1. The van der Waals surface area contributed by atoms with E-state index in [2.05, 4.69) is 33.4 Å². The van der Waals surface area contributed by atoms with E-state index in [4.69, 9.17) is 22.2 Å². The van der Waals surface area contributed by atoms with Gasteiger partial charge in [-0.25, -0.2) is 4.39 Å². The molecule has 0 bridgehead atoms. The summed E-state index contributed by atoms with van der Waals surface area (Å²) in [5.74, 6) is 2.31. The molecule has 6 nitrogen and oxygen atoms in total. The third kappa shape index (κ3) is 6.06. The van der Waals surface area contributed by atoms with E-state index in [0.717, 1.165) is 56.2 Å². The Morgan fingerprint density at radius 3 is 2.53 bits per heavy atom. The number of nitrogens with one attached hydrogen (secondary N) is 2. The van der Waals surface area contributed by atoms with Gasteiger partial charge >= 0.3 is 0 Å². The number of rotatable bonds is 7. The summed E-state index contributed by atoms with van der Waals surface area (Å²) < 4.78 is 13.0. The summed E-state index contributed by atoms with van der Waals surface area (Å²) >= 11 is 5.51. The van der Waals surface area contributed by atoms with Gasteiger partial charge in [0.2, 0.25) is 5.95 Å². The van der Waals surface area contributed by atoms with Crippen LogP contribution in [0.1, 0.15) is 51.0 Å². The minimum Gasteiger partial charge on any atom is -0.362 e. The van der Waals surface area contributed by atoms with Crippen LogP contribution in [-0.2, 0) is 6.42 Å². The monoisotopic (exact) mass is 456 g/mol. The molecule has 2 aliphatic heterocycles. The number of hydrogen-bond acceptors (Lipinski definition) is 5. The summed E-state index contributed by atoms with van der Waals surface area (Å²) in [4.78, 5) is 14.3. The summed E-state index contributed by atoms with van der Waals surface area (Å²) in [6.07, 6.45) is 7.85. The predicted molar refractivity (Wildman–Crippen MR) is 133 cm³/mol. The van der Waals surface area contributed by atoms with Gasteiger partial charge < -0.3 is 20.4 Å². The largest absolute Gasteiger partial charge is 0.362 e. The molecule has 2 N–H and O–H groups in total. The Kier molecular flexibility index (Phi) is 7.73. The molecule has 8 heteroatoms. The first kappa shape index (κ1) is 22.7. The van der Waals surface area contributed by atoms with Crippen LogP contribution in [0.4, 0.5) is 22.0 Å². The van der Waals surface area contributed by atoms with Gasteiger partial charge in [0.25, 0.3) is 0 Å². The minimum absolute atomic E-state index is 0.202. The van der Waals surface area contributed by atoms with Crippen molar-refractivity contribution < 1.29 is 4.39 Å². The van der Waals surface area contributed by atoms with Gasteiger partial charge in [0.1, 0.15) is 17.5 Å². The molecule has 1 aromatic carbocycles. The zero-order valence-electron chi connectivity index (χ0n) is 18.8. The lowest BCUT2D eigenvalue weighted by Crippen LogP contribution is -2.38. The summed E-state index contributed by atoms with van der Waals surface area (Å²) in [5.41, 5.74) is 1.12. The highest BCUT2D eigenvalue weighted by molar-refractivity contribution is 7.80. The number of aromatic nitrogens is 2. The lowest BCUT2D eigenvalue weighted by Gasteiger charge is -2.35. The van der Waals surface area contributed by atoms with Crippen LogP contribution in [0.15, 0.2) is 30.3 Å². The lowest BCUT2D eigenvalue weighted by molar-refractivity contribution is 0.481. The molecule has 2 aromatic rings. The zero-order valence-corrected chi connectivity index (χ0v) is 19.6. The molecule has 2 aliphatic rings. The standard InChI is InChI=1S/C24H33FN6S/c1-18-7-2-3-16-31(18)22-17-21(30-14-4-5-15-30)27-23(28-22)29-24(32)26-13-6-8-19-9-11-20(25)12-10-19/h9-12,17-18H,2-8,13-16H2,1H3,(H2,26,27,28,29,32)/t18-/m1/s1. The number of benzene rings is 1. The van der Waals surface area contributed by atoms with Gasteiger partial charge in [0.05, 0.1) is 0 Å². The summed E-state index contributed by atoms with van der Waals surface area (Å²) in [7, 11) is 0. The lowest BCUT2D eigenvalue weighted by atomic mass is 10.0. The highest BCUT2D eigenvalue weighted by Crippen LogP contribution is 2.28. The third-order valence-electron chi connectivity index (χ3n) is 6.29. The highest BCUT2D eigenvalue weighted by atomic mass is 32.1. The Labute approximate surface area is 195 Å². The summed E-state index contributed by atoms with van der Waals surface area (Å²) in [6.45, 7) is 6.11. The van der Waals surface area contributed by atoms with E-state index < -0.39 is 0 Å². The van der Waals surface area contributed by atoms with Crippen LogP contribution in [-0.4, -0.2) is 47.3 Å². The molecule has 0 spiro atoms. The van der Waals surface area contributed by atoms with Crippen LogP contribution in [0.25, 0.3) is 0 Å². The Hall–Kier alpha value is -2.48. The van der Waals surface area contributed by atoms with Gasteiger partial charge in [-0.1, -0.05) is 12.1 Å². The molecular weight excluding hydrogens is 423 g/mol. The number of piperidine rings is 1. The maximum Gasteiger partial charge on any atom is 0.232 e. The fraction of sp³-hybridized carbons (Fsp3) is 0.542. The van der Waals surface area contributed by atoms with Crippen LogP contribution >= 0.6 is 12.2 Å². The number of halogens is 1. The minimum atomic E-state index is -0.202. The van der Waals surface area contributed by atoms with Crippen molar-refractivity contribution >= 4 is 34.9 Å². The second-order valence-corrected chi connectivity index (χ2v) is 9.16. The summed E-state index contributed by atoms with van der Waals surface area (Å²) in [5, 5.41) is 6.98. The normalized spacial score (nSPS) is 18.6. The Morgan fingerprint density at radius 2 is 1.78 bits per heavy atom. The van der Waals surface area contributed by atoms with Crippen LogP contribution in [0.2, 0.25) is 0 Å². The van der Waals surface area contributed by atoms with E-state index in [1.165, 1.54) is 44.2 Å². The number of anilines is 3. The van der Waals surface area contributed by atoms with Gasteiger partial charge in [-0.2, -0.15) is 9.97 Å². The molecule has 0 amide bonds. The van der Waals surface area contributed by atoms with E-state index in [1.807, 2.05) is 12.1 Å². The number of hydrogen-bond donors (Lipinski definition) is 2. The molecule has 4 rings (SSSR count). The molecular formula is C24H33FN6S. The topological polar surface area (TPSA) is 56.3 Å². The Bertz CT molecular complexity index is 900. The SMILES string of the molecule is C[C@@H]1CCCCN1c1cc(N2CCCC2)nc(NC(=S)NCCCc2ccc(F)cc2)n1. The predicted octanol–water partition coefficient (Wildman–Crippen LogP) is 4.51. The molecule has 1 aromatic heterocycles. The molecule has 172 valence electrons. The van der Waals surface area contributed by atoms with E-state index in [0.29, 0.717) is 17.1 Å². The molecule has 0 radical (unpaired) electrons. The van der Waals surface area contributed by atoms with Crippen molar-refractivity contribution in [1.29, 1.82) is 0 Å². The molecule has 1 atom stereocenters. The second kappa shape index (κ2) is 10.9. The van der Waals surface area contributed by atoms with E-state index in [-0.39, 0.29) is 5.82 Å². The van der Waals surface area contributed by atoms with Crippen LogP contribution < -0.4 is 20.4 Å². The van der Waals surface area contributed by atoms with E-state index >= 15 is 0 Å². The smallest absolute Gasteiger partial charge is 0.232 e. The maximum absolute atomic E-state index is 13.0. The Balaban J connectivity index is 1.37. The average molecular weight is 457 g/mol. The van der Waals surface area contributed by atoms with Gasteiger partial charge in [-0.3, -0.25) is 0 Å². The first-order valence-corrected chi connectivity index (χ1v) is 12.2. The van der Waals surface area contributed by atoms with Crippen molar-refractivity contribution in [1.82, 2.24) is 15.3 Å². The van der Waals surface area contributed by atoms with Crippen molar-refractivity contribution in [3.05, 3.63) is 41.7 Å². The van der Waals surface area contributed by atoms with Crippen molar-refractivity contribution in [2.75, 3.05) is 41.3 Å². The molecule has 3 heterocycles. The molecule has 32 heavy (non-hydrogen) atoms. The first-order chi connectivity index (χ1) is 15.6. The number of nitrogens with zero attached hydrogens (tertiary/aromatic N) is 4. The van der Waals surface area contributed by atoms with Crippen molar-refractivity contribution in [3.63, 3.8) is 0 Å². The maximum atomic E-state index is 13.0. The van der Waals surface area contributed by atoms with Crippen molar-refractivity contribution in [2.45, 2.75) is 57.9 Å².